The largest absolute Gasteiger partial charge is 1.00 e. The average Bonchev–Trinajstić information content (AvgIpc) is 3.16. The van der Waals surface area contributed by atoms with E-state index in [1.807, 2.05) is 36.5 Å². The first-order chi connectivity index (χ1) is 15.7. The molecule has 3 nitrogen and oxygen atoms in total. The zero-order valence-corrected chi connectivity index (χ0v) is 23.9. The van der Waals surface area contributed by atoms with Crippen molar-refractivity contribution in [2.75, 3.05) is 4.90 Å². The van der Waals surface area contributed by atoms with Crippen molar-refractivity contribution in [3.63, 3.8) is 0 Å². The third-order valence-corrected chi connectivity index (χ3v) is 8.23. The Labute approximate surface area is 222 Å². The number of halogens is 1. The Morgan fingerprint density at radius 1 is 0.879 bits per heavy atom. The molecule has 3 rings (SSSR count). The molecule has 3 aromatic rings. The van der Waals surface area contributed by atoms with Crippen LogP contribution < -0.4 is 33.4 Å². The monoisotopic (exact) mass is 624 g/mol. The molecule has 178 valence electrons. The Morgan fingerprint density at radius 2 is 1.48 bits per heavy atom. The minimum Gasteiger partial charge on any atom is -1.00 e. The van der Waals surface area contributed by atoms with Crippen molar-refractivity contribution in [1.82, 2.24) is 0 Å². The summed E-state index contributed by atoms with van der Waals surface area (Å²) in [6.07, 6.45) is 16.2. The molecule has 0 fully saturated rings. The van der Waals surface area contributed by atoms with Crippen LogP contribution in [0.5, 0.6) is 0 Å². The van der Waals surface area contributed by atoms with Crippen LogP contribution in [0.1, 0.15) is 76.2 Å². The Bertz CT molecular complexity index is 1000. The van der Waals surface area contributed by atoms with E-state index in [2.05, 4.69) is 41.8 Å². The second-order valence-corrected chi connectivity index (χ2v) is 10.7. The first kappa shape index (κ1) is 27.8. The predicted molar refractivity (Wildman–Crippen MR) is 137 cm³/mol. The van der Waals surface area contributed by atoms with E-state index in [9.17, 15) is 4.79 Å². The molecule has 1 heterocycles. The van der Waals surface area contributed by atoms with Gasteiger partial charge in [-0.2, -0.15) is 0 Å². The van der Waals surface area contributed by atoms with Crippen molar-refractivity contribution in [2.45, 2.75) is 78.2 Å². The van der Waals surface area contributed by atoms with Gasteiger partial charge in [0.1, 0.15) is 0 Å². The van der Waals surface area contributed by atoms with Crippen LogP contribution in [0.15, 0.2) is 60.8 Å². The van der Waals surface area contributed by atoms with Crippen molar-refractivity contribution in [3.05, 3.63) is 65.4 Å². The zero-order valence-electron chi connectivity index (χ0n) is 20.0. The molecular weight excluding hydrogens is 586 g/mol. The van der Waals surface area contributed by atoms with E-state index in [0.29, 0.717) is 0 Å². The number of hydrogen-bond acceptors (Lipinski definition) is 1. The Morgan fingerprint density at radius 3 is 2.15 bits per heavy atom. The van der Waals surface area contributed by atoms with E-state index in [0.717, 1.165) is 12.2 Å². The summed E-state index contributed by atoms with van der Waals surface area (Å²) in [5.74, 6) is 0.0292. The number of nitrogens with zero attached hydrogens (tertiary/aromatic N) is 2. The van der Waals surface area contributed by atoms with Crippen LogP contribution >= 0.6 is 0 Å². The SMILES string of the molecule is CCCCCCCCCCC[n+]1c(/C=C/N(C(C)=O)c2ccccc2)[se]c2ccccc21.[I-]. The topological polar surface area (TPSA) is 24.2 Å². The summed E-state index contributed by atoms with van der Waals surface area (Å²) in [6.45, 7) is 4.95. The molecule has 0 bridgehead atoms. The van der Waals surface area contributed by atoms with Crippen LogP contribution in [0.25, 0.3) is 15.9 Å². The fourth-order valence-corrected chi connectivity index (χ4v) is 6.36. The van der Waals surface area contributed by atoms with E-state index in [-0.39, 0.29) is 44.4 Å². The quantitative estimate of drug-likeness (QED) is 0.123. The number of benzene rings is 2. The smallest absolute Gasteiger partial charge is 1.00 e. The number of fused-ring (bicyclic) bond motifs is 1. The maximum Gasteiger partial charge on any atom is -1.00 e. The minimum atomic E-state index is 0. The molecular formula is C28H37IN2OSe. The fourth-order valence-electron chi connectivity index (χ4n) is 4.09. The average molecular weight is 623 g/mol. The molecule has 0 N–H and O–H groups in total. The summed E-state index contributed by atoms with van der Waals surface area (Å²) < 4.78 is 5.25. The standard InChI is InChI=1S/C28H37N2OSe.HI/c1-3-4-5-6-7-8-9-10-16-22-30-26-19-14-15-20-27(26)32-28(30)21-23-29(24(2)31)25-17-12-11-13-18-25;/h11-15,17-21,23H,3-10,16,22H2,1-2H3;1H/q+1;/p-1. The van der Waals surface area contributed by atoms with Gasteiger partial charge in [0.15, 0.2) is 0 Å². The van der Waals surface area contributed by atoms with Gasteiger partial charge in [-0.15, -0.1) is 0 Å². The van der Waals surface area contributed by atoms with E-state index in [1.165, 1.54) is 72.1 Å². The van der Waals surface area contributed by atoms with Gasteiger partial charge >= 0.3 is 193 Å². The molecule has 0 saturated heterocycles. The number of anilines is 1. The van der Waals surface area contributed by atoms with Gasteiger partial charge in [0.05, 0.1) is 0 Å². The number of aryl methyl sites for hydroxylation is 1. The number of unbranched alkanes of at least 4 members (excludes halogenated alkanes) is 8. The molecule has 2 aromatic carbocycles. The van der Waals surface area contributed by atoms with Crippen LogP contribution in [0.4, 0.5) is 5.69 Å². The molecule has 0 aliphatic heterocycles. The summed E-state index contributed by atoms with van der Waals surface area (Å²) >= 11 is 0.269. The van der Waals surface area contributed by atoms with Crippen LogP contribution in [0, 0.1) is 0 Å². The van der Waals surface area contributed by atoms with Crippen molar-refractivity contribution < 1.29 is 33.3 Å². The first-order valence-corrected chi connectivity index (χ1v) is 13.9. The van der Waals surface area contributed by atoms with Crippen LogP contribution in [-0.2, 0) is 11.3 Å². The molecule has 0 saturated carbocycles. The summed E-state index contributed by atoms with van der Waals surface area (Å²) in [5.41, 5.74) is 2.26. The third kappa shape index (κ3) is 8.69. The third-order valence-electron chi connectivity index (χ3n) is 5.86. The van der Waals surface area contributed by atoms with E-state index < -0.39 is 0 Å². The van der Waals surface area contributed by atoms with Gasteiger partial charge in [-0.3, -0.25) is 0 Å². The summed E-state index contributed by atoms with van der Waals surface area (Å²) in [6, 6.07) is 18.6. The molecule has 1 aromatic heterocycles. The Kier molecular flexibility index (Phi) is 13.0. The van der Waals surface area contributed by atoms with Crippen molar-refractivity contribution in [1.29, 1.82) is 0 Å². The first-order valence-electron chi connectivity index (χ1n) is 12.1. The maximum absolute atomic E-state index is 12.3. The molecule has 1 amide bonds. The molecule has 0 atom stereocenters. The molecule has 0 unspecified atom stereocenters. The normalized spacial score (nSPS) is 11.1. The van der Waals surface area contributed by atoms with Crippen molar-refractivity contribution in [2.24, 2.45) is 0 Å². The van der Waals surface area contributed by atoms with Gasteiger partial charge in [-0.1, -0.05) is 6.92 Å². The molecule has 5 heteroatoms. The minimum absolute atomic E-state index is 0. The maximum atomic E-state index is 12.3. The predicted octanol–water partition coefficient (Wildman–Crippen LogP) is 3.74. The number of carbonyl (C=O) groups excluding carboxylic acids is 1. The van der Waals surface area contributed by atoms with Crippen molar-refractivity contribution >= 4 is 42.0 Å². The summed E-state index contributed by atoms with van der Waals surface area (Å²) in [7, 11) is 0. The van der Waals surface area contributed by atoms with Crippen LogP contribution in [-0.4, -0.2) is 20.4 Å². The number of hydrogen-bond donors (Lipinski definition) is 0. The Hall–Kier alpha value is -1.43. The number of para-hydroxylation sites is 2. The molecule has 0 aliphatic carbocycles. The van der Waals surface area contributed by atoms with Crippen LogP contribution in [0.2, 0.25) is 0 Å². The van der Waals surface area contributed by atoms with E-state index >= 15 is 0 Å². The summed E-state index contributed by atoms with van der Waals surface area (Å²) in [4.78, 5) is 14.0. The van der Waals surface area contributed by atoms with E-state index in [4.69, 9.17) is 0 Å². The zero-order chi connectivity index (χ0) is 22.6. The molecule has 0 aliphatic rings. The second-order valence-electron chi connectivity index (χ2n) is 8.43. The number of aromatic nitrogens is 1. The number of carbonyl (C=O) groups is 1. The summed E-state index contributed by atoms with van der Waals surface area (Å²) in [5, 5.41) is 0. The van der Waals surface area contributed by atoms with Gasteiger partial charge in [0.25, 0.3) is 0 Å². The Balaban J connectivity index is 0.00000385. The number of amides is 1. The van der Waals surface area contributed by atoms with E-state index in [1.54, 1.807) is 11.8 Å². The molecule has 0 spiro atoms. The molecule has 0 radical (unpaired) electrons. The van der Waals surface area contributed by atoms with Gasteiger partial charge < -0.3 is 24.0 Å². The van der Waals surface area contributed by atoms with Gasteiger partial charge in [-0.25, -0.2) is 0 Å². The van der Waals surface area contributed by atoms with Gasteiger partial charge in [0.2, 0.25) is 0 Å². The van der Waals surface area contributed by atoms with Crippen molar-refractivity contribution in [3.8, 4) is 0 Å². The second kappa shape index (κ2) is 15.5. The van der Waals surface area contributed by atoms with Gasteiger partial charge in [-0.05, 0) is 0 Å². The number of rotatable bonds is 13. The van der Waals surface area contributed by atoms with Crippen LogP contribution in [0.3, 0.4) is 0 Å². The molecule has 33 heavy (non-hydrogen) atoms. The van der Waals surface area contributed by atoms with Gasteiger partial charge in [0, 0.05) is 0 Å². The fraction of sp³-hybridized carbons (Fsp3) is 0.429.